The third-order valence-electron chi connectivity index (χ3n) is 5.02. The molecule has 5 heteroatoms. The van der Waals surface area contributed by atoms with E-state index in [9.17, 15) is 4.79 Å². The van der Waals surface area contributed by atoms with Crippen molar-refractivity contribution in [3.05, 3.63) is 29.5 Å². The molecule has 1 aromatic heterocycles. The maximum Gasteiger partial charge on any atom is 0.268 e. The molecule has 0 bridgehead atoms. The molecule has 0 radical (unpaired) electrons. The van der Waals surface area contributed by atoms with Crippen molar-refractivity contribution in [2.45, 2.75) is 64.8 Å². The van der Waals surface area contributed by atoms with Gasteiger partial charge in [-0.1, -0.05) is 44.6 Å². The van der Waals surface area contributed by atoms with E-state index in [1.54, 1.807) is 11.9 Å². The number of carbonyl (C=O) groups excluding carboxylic acids is 1. The number of carbonyl (C=O) groups is 1. The number of nitrogens with one attached hydrogen (secondary N) is 3. The molecule has 0 saturated heterocycles. The zero-order chi connectivity index (χ0) is 17.6. The Hall–Kier alpha value is -1.62. The summed E-state index contributed by atoms with van der Waals surface area (Å²) in [6.45, 7) is 4.23. The van der Waals surface area contributed by atoms with Gasteiger partial charge < -0.3 is 15.0 Å². The van der Waals surface area contributed by atoms with Crippen molar-refractivity contribution in [2.75, 3.05) is 10.5 Å². The third kappa shape index (κ3) is 4.51. The molecular formula is C20H29N3OS. The van der Waals surface area contributed by atoms with E-state index >= 15 is 0 Å². The number of rotatable bonds is 7. The van der Waals surface area contributed by atoms with Crippen LogP contribution in [0.25, 0.3) is 10.9 Å². The third-order valence-corrected chi connectivity index (χ3v) is 5.89. The number of H-pyrrole nitrogens is 1. The molecule has 1 aliphatic carbocycles. The Balaban J connectivity index is 1.71. The molecular weight excluding hydrogens is 330 g/mol. The molecule has 3 rings (SSSR count). The first-order valence-electron chi connectivity index (χ1n) is 9.50. The smallest absolute Gasteiger partial charge is 0.268 e. The van der Waals surface area contributed by atoms with Crippen LogP contribution in [0, 0.1) is 6.92 Å². The number of aromatic amines is 1. The summed E-state index contributed by atoms with van der Waals surface area (Å²) in [5, 5.41) is 4.33. The number of hydrogen-bond donors (Lipinski definition) is 3. The lowest BCUT2D eigenvalue weighted by Crippen LogP contribution is -2.36. The Kier molecular flexibility index (Phi) is 6.29. The highest BCUT2D eigenvalue weighted by Gasteiger charge is 2.20. The summed E-state index contributed by atoms with van der Waals surface area (Å²) in [7, 11) is 0. The van der Waals surface area contributed by atoms with Gasteiger partial charge in [-0.2, -0.15) is 0 Å². The van der Waals surface area contributed by atoms with Crippen LogP contribution in [0.15, 0.2) is 18.2 Å². The zero-order valence-corrected chi connectivity index (χ0v) is 16.1. The summed E-state index contributed by atoms with van der Waals surface area (Å²) >= 11 is 1.74. The Morgan fingerprint density at radius 3 is 2.84 bits per heavy atom. The number of aryl methyl sites for hydroxylation is 1. The van der Waals surface area contributed by atoms with Gasteiger partial charge in [0, 0.05) is 28.4 Å². The van der Waals surface area contributed by atoms with Crippen molar-refractivity contribution in [1.29, 1.82) is 0 Å². The van der Waals surface area contributed by atoms with Crippen LogP contribution in [0.5, 0.6) is 0 Å². The number of unbranched alkanes of at least 4 members (excludes halogenated alkanes) is 1. The summed E-state index contributed by atoms with van der Waals surface area (Å²) in [4.78, 5) is 16.0. The van der Waals surface area contributed by atoms with E-state index in [1.165, 1.54) is 32.1 Å². The predicted molar refractivity (Wildman–Crippen MR) is 108 cm³/mol. The highest BCUT2D eigenvalue weighted by Crippen LogP contribution is 2.27. The average molecular weight is 360 g/mol. The quantitative estimate of drug-likeness (QED) is 0.458. The van der Waals surface area contributed by atoms with Gasteiger partial charge in [0.1, 0.15) is 5.69 Å². The lowest BCUT2D eigenvalue weighted by molar-refractivity contribution is 0.0923. The normalized spacial score (nSPS) is 15.4. The van der Waals surface area contributed by atoms with Crippen LogP contribution in [-0.2, 0) is 0 Å². The molecule has 0 unspecified atom stereocenters. The fourth-order valence-corrected chi connectivity index (χ4v) is 4.30. The minimum Gasteiger partial charge on any atom is -0.350 e. The van der Waals surface area contributed by atoms with Gasteiger partial charge in [0.25, 0.3) is 5.91 Å². The number of benzene rings is 1. The Labute approximate surface area is 154 Å². The van der Waals surface area contributed by atoms with Crippen molar-refractivity contribution in [2.24, 2.45) is 0 Å². The van der Waals surface area contributed by atoms with E-state index in [0.29, 0.717) is 11.7 Å². The van der Waals surface area contributed by atoms with E-state index in [0.717, 1.165) is 40.7 Å². The second kappa shape index (κ2) is 8.65. The number of aromatic nitrogens is 1. The lowest BCUT2D eigenvalue weighted by atomic mass is 9.95. The highest BCUT2D eigenvalue weighted by molar-refractivity contribution is 8.00. The molecule has 4 nitrogen and oxygen atoms in total. The molecule has 3 N–H and O–H groups in total. The second-order valence-electron chi connectivity index (χ2n) is 7.00. The van der Waals surface area contributed by atoms with Crippen molar-refractivity contribution >= 4 is 34.4 Å². The maximum atomic E-state index is 12.7. The van der Waals surface area contributed by atoms with Gasteiger partial charge in [0.05, 0.1) is 0 Å². The molecule has 25 heavy (non-hydrogen) atoms. The van der Waals surface area contributed by atoms with Crippen LogP contribution >= 0.6 is 11.9 Å². The van der Waals surface area contributed by atoms with E-state index in [1.807, 2.05) is 6.92 Å². The number of fused-ring (bicyclic) bond motifs is 1. The van der Waals surface area contributed by atoms with Crippen molar-refractivity contribution in [3.8, 4) is 0 Å². The monoisotopic (exact) mass is 359 g/mol. The molecule has 1 aromatic carbocycles. The first-order chi connectivity index (χ1) is 12.2. The molecule has 1 fully saturated rings. The molecule has 0 spiro atoms. The largest absolute Gasteiger partial charge is 0.350 e. The SMILES string of the molecule is CCCCSNc1ccc2[nH]c(C(=O)NC3CCCCC3)c(C)c2c1. The summed E-state index contributed by atoms with van der Waals surface area (Å²) < 4.78 is 3.41. The molecule has 1 heterocycles. The van der Waals surface area contributed by atoms with Crippen LogP contribution in [0.2, 0.25) is 0 Å². The molecule has 0 aliphatic heterocycles. The second-order valence-corrected chi connectivity index (χ2v) is 7.90. The zero-order valence-electron chi connectivity index (χ0n) is 15.3. The van der Waals surface area contributed by atoms with Crippen molar-refractivity contribution in [3.63, 3.8) is 0 Å². The summed E-state index contributed by atoms with van der Waals surface area (Å²) in [5.41, 5.74) is 3.85. The van der Waals surface area contributed by atoms with Gasteiger partial charge in [-0.05, 0) is 49.9 Å². The van der Waals surface area contributed by atoms with Crippen LogP contribution < -0.4 is 10.0 Å². The molecule has 1 amide bonds. The molecule has 2 aromatic rings. The van der Waals surface area contributed by atoms with E-state index in [4.69, 9.17) is 0 Å². The maximum absolute atomic E-state index is 12.7. The van der Waals surface area contributed by atoms with E-state index in [2.05, 4.69) is 40.1 Å². The highest BCUT2D eigenvalue weighted by atomic mass is 32.2. The fourth-order valence-electron chi connectivity index (χ4n) is 3.47. The van der Waals surface area contributed by atoms with Gasteiger partial charge in [-0.15, -0.1) is 0 Å². The predicted octanol–water partition coefficient (Wildman–Crippen LogP) is 5.40. The number of hydrogen-bond acceptors (Lipinski definition) is 3. The average Bonchev–Trinajstić information content (AvgIpc) is 2.96. The summed E-state index contributed by atoms with van der Waals surface area (Å²) in [5.74, 6) is 1.14. The Morgan fingerprint density at radius 2 is 2.08 bits per heavy atom. The number of amides is 1. The first kappa shape index (κ1) is 18.2. The summed E-state index contributed by atoms with van der Waals surface area (Å²) in [6, 6.07) is 6.60. The van der Waals surface area contributed by atoms with Crippen LogP contribution in [0.4, 0.5) is 5.69 Å². The van der Waals surface area contributed by atoms with Gasteiger partial charge in [-0.3, -0.25) is 4.79 Å². The summed E-state index contributed by atoms with van der Waals surface area (Å²) in [6.07, 6.45) is 8.38. The van der Waals surface area contributed by atoms with Gasteiger partial charge in [0.2, 0.25) is 0 Å². The minimum atomic E-state index is 0.0347. The molecule has 136 valence electrons. The van der Waals surface area contributed by atoms with Gasteiger partial charge in [-0.25, -0.2) is 0 Å². The Morgan fingerprint density at radius 1 is 1.28 bits per heavy atom. The standard InChI is InChI=1S/C20H29N3OS/c1-3-4-12-25-23-16-10-11-18-17(13-16)14(2)19(22-18)20(24)21-15-8-6-5-7-9-15/h10-11,13,15,22-23H,3-9,12H2,1-2H3,(H,21,24). The van der Waals surface area contributed by atoms with Crippen LogP contribution in [0.3, 0.4) is 0 Å². The van der Waals surface area contributed by atoms with Gasteiger partial charge in [0.15, 0.2) is 0 Å². The molecule has 1 saturated carbocycles. The first-order valence-corrected chi connectivity index (χ1v) is 10.5. The van der Waals surface area contributed by atoms with Gasteiger partial charge >= 0.3 is 0 Å². The molecule has 1 aliphatic rings. The van der Waals surface area contributed by atoms with Crippen molar-refractivity contribution in [1.82, 2.24) is 10.3 Å². The van der Waals surface area contributed by atoms with Crippen LogP contribution in [0.1, 0.15) is 67.9 Å². The topological polar surface area (TPSA) is 56.9 Å². The van der Waals surface area contributed by atoms with Crippen LogP contribution in [-0.4, -0.2) is 22.7 Å². The molecule has 0 atom stereocenters. The Bertz CT molecular complexity index is 719. The number of anilines is 1. The fraction of sp³-hybridized carbons (Fsp3) is 0.550. The minimum absolute atomic E-state index is 0.0347. The lowest BCUT2D eigenvalue weighted by Gasteiger charge is -2.22. The van der Waals surface area contributed by atoms with E-state index in [-0.39, 0.29) is 5.91 Å². The van der Waals surface area contributed by atoms with E-state index < -0.39 is 0 Å². The van der Waals surface area contributed by atoms with Crippen molar-refractivity contribution < 1.29 is 4.79 Å².